The molecule has 0 atom stereocenters. The molecule has 0 aromatic heterocycles. The van der Waals surface area contributed by atoms with E-state index in [0.717, 1.165) is 12.5 Å². The maximum Gasteiger partial charge on any atom is 0.193 e. The van der Waals surface area contributed by atoms with E-state index in [9.17, 15) is 0 Å². The molecule has 0 radical (unpaired) electrons. The van der Waals surface area contributed by atoms with E-state index in [1.807, 2.05) is 25.9 Å². The third-order valence-corrected chi connectivity index (χ3v) is 1.13. The van der Waals surface area contributed by atoms with Crippen molar-refractivity contribution in [2.45, 2.75) is 6.92 Å². The number of hydrogen-bond acceptors (Lipinski definition) is 1. The molecule has 0 aliphatic heterocycles. The highest BCUT2D eigenvalue weighted by molar-refractivity contribution is 14.0. The van der Waals surface area contributed by atoms with Gasteiger partial charge in [-0.15, -0.1) is 30.6 Å². The Hall–Kier alpha value is -0.260. The van der Waals surface area contributed by atoms with Gasteiger partial charge in [-0.2, -0.15) is 0 Å². The largest absolute Gasteiger partial charge is 0.357 e. The molecule has 12 heavy (non-hydrogen) atoms. The van der Waals surface area contributed by atoms with Gasteiger partial charge in [-0.05, 0) is 6.92 Å². The lowest BCUT2D eigenvalue weighted by molar-refractivity contribution is 0.586. The summed E-state index contributed by atoms with van der Waals surface area (Å²) >= 11 is 0. The highest BCUT2D eigenvalue weighted by Crippen LogP contribution is 1.80. The van der Waals surface area contributed by atoms with Gasteiger partial charge in [-0.1, -0.05) is 6.08 Å². The second kappa shape index (κ2) is 8.83. The molecule has 1 N–H and O–H groups in total. The van der Waals surface area contributed by atoms with E-state index in [1.54, 1.807) is 6.08 Å². The second-order valence-corrected chi connectivity index (χ2v) is 2.38. The number of rotatable bonds is 3. The molecular formula is C8H18IN3. The Morgan fingerprint density at radius 1 is 1.58 bits per heavy atom. The Balaban J connectivity index is 0. The zero-order valence-corrected chi connectivity index (χ0v) is 10.3. The fourth-order valence-electron chi connectivity index (χ4n) is 0.665. The maximum atomic E-state index is 4.24. The first kappa shape index (κ1) is 14.3. The lowest BCUT2D eigenvalue weighted by atomic mass is 10.6. The summed E-state index contributed by atoms with van der Waals surface area (Å²) in [6.07, 6.45) is 1.78. The number of guanidine groups is 1. The predicted octanol–water partition coefficient (Wildman–Crippen LogP) is 1.32. The Labute approximate surface area is 92.0 Å². The molecule has 0 heterocycles. The zero-order valence-electron chi connectivity index (χ0n) is 8.00. The fraction of sp³-hybridized carbons (Fsp3) is 0.625. The Morgan fingerprint density at radius 3 is 2.50 bits per heavy atom. The van der Waals surface area contributed by atoms with Crippen LogP contribution < -0.4 is 5.32 Å². The van der Waals surface area contributed by atoms with Crippen LogP contribution in [0.5, 0.6) is 0 Å². The minimum atomic E-state index is 0. The van der Waals surface area contributed by atoms with Gasteiger partial charge in [0.1, 0.15) is 0 Å². The summed E-state index contributed by atoms with van der Waals surface area (Å²) in [6, 6.07) is 0. The number of halogens is 1. The Morgan fingerprint density at radius 2 is 2.17 bits per heavy atom. The summed E-state index contributed by atoms with van der Waals surface area (Å²) in [7, 11) is 3.93. The van der Waals surface area contributed by atoms with Crippen molar-refractivity contribution >= 4 is 29.9 Å². The molecule has 0 saturated carbocycles. The molecule has 0 amide bonds. The van der Waals surface area contributed by atoms with Gasteiger partial charge in [0.05, 0.1) is 6.54 Å². The van der Waals surface area contributed by atoms with Crippen LogP contribution in [0.4, 0.5) is 0 Å². The smallest absolute Gasteiger partial charge is 0.193 e. The molecule has 0 aromatic carbocycles. The van der Waals surface area contributed by atoms with Crippen molar-refractivity contribution in [2.75, 3.05) is 27.2 Å². The Bertz CT molecular complexity index is 143. The first-order valence-corrected chi connectivity index (χ1v) is 3.79. The molecular weight excluding hydrogens is 265 g/mol. The standard InChI is InChI=1S/C8H17N3.HI/c1-5-7-10-8(9-6-2)11(3)4;/h5H,1,6-7H2,2-4H3,(H,9,10);1H. The van der Waals surface area contributed by atoms with Crippen LogP contribution in [0.1, 0.15) is 6.92 Å². The number of nitrogens with zero attached hydrogens (tertiary/aromatic N) is 2. The topological polar surface area (TPSA) is 27.6 Å². The molecule has 0 saturated heterocycles. The highest BCUT2D eigenvalue weighted by Gasteiger charge is 1.95. The number of aliphatic imine (C=N–C) groups is 1. The quantitative estimate of drug-likeness (QED) is 0.366. The van der Waals surface area contributed by atoms with Crippen molar-refractivity contribution in [2.24, 2.45) is 4.99 Å². The molecule has 0 unspecified atom stereocenters. The van der Waals surface area contributed by atoms with Crippen molar-refractivity contribution in [3.8, 4) is 0 Å². The minimum absolute atomic E-state index is 0. The molecule has 3 nitrogen and oxygen atoms in total. The summed E-state index contributed by atoms with van der Waals surface area (Å²) in [5, 5.41) is 3.14. The first-order valence-electron chi connectivity index (χ1n) is 3.79. The normalized spacial score (nSPS) is 10.1. The third-order valence-electron chi connectivity index (χ3n) is 1.13. The van der Waals surface area contributed by atoms with Gasteiger partial charge in [0.25, 0.3) is 0 Å². The van der Waals surface area contributed by atoms with Crippen LogP contribution in [0.15, 0.2) is 17.6 Å². The van der Waals surface area contributed by atoms with Crippen molar-refractivity contribution in [1.29, 1.82) is 0 Å². The van der Waals surface area contributed by atoms with E-state index in [1.165, 1.54) is 0 Å². The van der Waals surface area contributed by atoms with Gasteiger partial charge < -0.3 is 10.2 Å². The molecule has 0 aliphatic rings. The molecule has 4 heteroatoms. The lowest BCUT2D eigenvalue weighted by Crippen LogP contribution is -2.36. The van der Waals surface area contributed by atoms with Crippen molar-refractivity contribution in [3.05, 3.63) is 12.7 Å². The van der Waals surface area contributed by atoms with Crippen LogP contribution in [0.3, 0.4) is 0 Å². The van der Waals surface area contributed by atoms with Crippen LogP contribution in [-0.4, -0.2) is 38.0 Å². The molecule has 0 fully saturated rings. The zero-order chi connectivity index (χ0) is 8.69. The summed E-state index contributed by atoms with van der Waals surface area (Å²) < 4.78 is 0. The van der Waals surface area contributed by atoms with E-state index >= 15 is 0 Å². The summed E-state index contributed by atoms with van der Waals surface area (Å²) in [4.78, 5) is 6.20. The molecule has 0 aromatic rings. The minimum Gasteiger partial charge on any atom is -0.357 e. The van der Waals surface area contributed by atoms with E-state index < -0.39 is 0 Å². The third kappa shape index (κ3) is 6.45. The highest BCUT2D eigenvalue weighted by atomic mass is 127. The fourth-order valence-corrected chi connectivity index (χ4v) is 0.665. The average molecular weight is 283 g/mol. The van der Waals surface area contributed by atoms with E-state index in [0.29, 0.717) is 6.54 Å². The van der Waals surface area contributed by atoms with Crippen LogP contribution in [0.25, 0.3) is 0 Å². The van der Waals surface area contributed by atoms with Crippen LogP contribution in [0, 0.1) is 0 Å². The maximum absolute atomic E-state index is 4.24. The number of nitrogens with one attached hydrogen (secondary N) is 1. The predicted molar refractivity (Wildman–Crippen MR) is 65.3 cm³/mol. The van der Waals surface area contributed by atoms with Gasteiger partial charge in [0.15, 0.2) is 5.96 Å². The van der Waals surface area contributed by atoms with Crippen LogP contribution in [0.2, 0.25) is 0 Å². The van der Waals surface area contributed by atoms with Crippen molar-refractivity contribution in [3.63, 3.8) is 0 Å². The second-order valence-electron chi connectivity index (χ2n) is 2.38. The molecule has 0 bridgehead atoms. The van der Waals surface area contributed by atoms with Crippen molar-refractivity contribution < 1.29 is 0 Å². The lowest BCUT2D eigenvalue weighted by Gasteiger charge is -2.15. The van der Waals surface area contributed by atoms with Gasteiger partial charge in [-0.25, -0.2) is 4.99 Å². The van der Waals surface area contributed by atoms with Crippen LogP contribution in [-0.2, 0) is 0 Å². The monoisotopic (exact) mass is 283 g/mol. The van der Waals surface area contributed by atoms with E-state index in [-0.39, 0.29) is 24.0 Å². The van der Waals surface area contributed by atoms with Crippen molar-refractivity contribution in [1.82, 2.24) is 10.2 Å². The molecule has 72 valence electrons. The molecule has 0 spiro atoms. The van der Waals surface area contributed by atoms with Gasteiger partial charge in [0, 0.05) is 20.6 Å². The summed E-state index contributed by atoms with van der Waals surface area (Å²) in [5.41, 5.74) is 0. The SMILES string of the molecule is C=CCN=C(NCC)N(C)C.I. The molecule has 0 rings (SSSR count). The number of hydrogen-bond donors (Lipinski definition) is 1. The van der Waals surface area contributed by atoms with Crippen LogP contribution >= 0.6 is 24.0 Å². The first-order chi connectivity index (χ1) is 5.22. The average Bonchev–Trinajstić information content (AvgIpc) is 1.97. The summed E-state index contributed by atoms with van der Waals surface area (Å²) in [6.45, 7) is 7.21. The molecule has 0 aliphatic carbocycles. The van der Waals surface area contributed by atoms with E-state index in [4.69, 9.17) is 0 Å². The summed E-state index contributed by atoms with van der Waals surface area (Å²) in [5.74, 6) is 0.910. The van der Waals surface area contributed by atoms with E-state index in [2.05, 4.69) is 16.9 Å². The van der Waals surface area contributed by atoms with Gasteiger partial charge in [-0.3, -0.25) is 0 Å². The van der Waals surface area contributed by atoms with Gasteiger partial charge >= 0.3 is 0 Å². The van der Waals surface area contributed by atoms with Gasteiger partial charge in [0.2, 0.25) is 0 Å². The Kier molecular flexibility index (Phi) is 10.5.